The van der Waals surface area contributed by atoms with Crippen molar-refractivity contribution in [2.45, 2.75) is 18.9 Å². The second kappa shape index (κ2) is 6.01. The van der Waals surface area contributed by atoms with Gasteiger partial charge in [-0.2, -0.15) is 0 Å². The first-order valence-electron chi connectivity index (χ1n) is 2.80. The van der Waals surface area contributed by atoms with Crippen LogP contribution in [0.1, 0.15) is 12.8 Å². The average molecular weight is 264 g/mol. The van der Waals surface area contributed by atoms with Crippen LogP contribution >= 0.6 is 0 Å². The van der Waals surface area contributed by atoms with Crippen molar-refractivity contribution in [2.75, 3.05) is 6.61 Å². The molecule has 1 heterocycles. The zero-order valence-corrected chi connectivity index (χ0v) is 12.1. The van der Waals surface area contributed by atoms with Crippen LogP contribution in [0.25, 0.3) is 0 Å². The summed E-state index contributed by atoms with van der Waals surface area (Å²) in [7, 11) is 0. The molecule has 0 saturated carbocycles. The summed E-state index contributed by atoms with van der Waals surface area (Å²) in [6.07, 6.45) is 0.850. The minimum atomic E-state index is -0.799. The summed E-state index contributed by atoms with van der Waals surface area (Å²) < 4.78 is 4.83. The van der Waals surface area contributed by atoms with Crippen LogP contribution in [0, 0.1) is 0 Å². The summed E-state index contributed by atoms with van der Waals surface area (Å²) in [6.45, 7) is 0.555. The molecule has 1 aliphatic rings. The van der Waals surface area contributed by atoms with Crippen LogP contribution in [-0.2, 0) is 14.4 Å². The fourth-order valence-electron chi connectivity index (χ4n) is 0.817. The van der Waals surface area contributed by atoms with Gasteiger partial charge in [-0.3, -0.25) is 0 Å². The summed E-state index contributed by atoms with van der Waals surface area (Å²) >= 11 is 0. The molecule has 1 unspecified atom stereocenters. The maximum atomic E-state index is 10.4. The molecular formula is C5H7CsO4. The summed E-state index contributed by atoms with van der Waals surface area (Å²) in [5, 5.41) is 9.49. The molecule has 0 aromatic carbocycles. The van der Waals surface area contributed by atoms with Crippen LogP contribution in [0.2, 0.25) is 0 Å². The Balaban J connectivity index is 0.000000810. The predicted molar refractivity (Wildman–Crippen MR) is 25.1 cm³/mol. The van der Waals surface area contributed by atoms with E-state index >= 15 is 0 Å². The molecule has 10 heavy (non-hydrogen) atoms. The van der Waals surface area contributed by atoms with Gasteiger partial charge >= 0.3 is 74.9 Å². The SMILES string of the molecule is O=C(O[O-])C1CCCO1.[Cs+]. The van der Waals surface area contributed by atoms with Crippen molar-refractivity contribution in [3.63, 3.8) is 0 Å². The van der Waals surface area contributed by atoms with E-state index in [2.05, 4.69) is 4.89 Å². The number of carbonyl (C=O) groups excluding carboxylic acids is 1. The summed E-state index contributed by atoms with van der Waals surface area (Å²) in [5.74, 6) is -0.799. The van der Waals surface area contributed by atoms with Gasteiger partial charge < -0.3 is 14.9 Å². The summed E-state index contributed by atoms with van der Waals surface area (Å²) in [4.78, 5) is 13.6. The molecule has 0 bridgehead atoms. The van der Waals surface area contributed by atoms with Gasteiger partial charge in [0, 0.05) is 6.61 Å². The van der Waals surface area contributed by atoms with Crippen LogP contribution in [0.15, 0.2) is 0 Å². The molecule has 0 aromatic heterocycles. The molecule has 1 saturated heterocycles. The molecular weight excluding hydrogens is 257 g/mol. The zero-order chi connectivity index (χ0) is 6.69. The Morgan fingerprint density at radius 3 is 2.80 bits per heavy atom. The van der Waals surface area contributed by atoms with E-state index in [-0.39, 0.29) is 68.9 Å². The minimum absolute atomic E-state index is 0. The van der Waals surface area contributed by atoms with Crippen LogP contribution in [0.3, 0.4) is 0 Å². The van der Waals surface area contributed by atoms with E-state index in [1.807, 2.05) is 0 Å². The van der Waals surface area contributed by atoms with E-state index in [1.54, 1.807) is 0 Å². The van der Waals surface area contributed by atoms with Crippen molar-refractivity contribution in [2.24, 2.45) is 0 Å². The smallest absolute Gasteiger partial charge is 0.662 e. The van der Waals surface area contributed by atoms with E-state index < -0.39 is 12.1 Å². The van der Waals surface area contributed by atoms with E-state index in [0.717, 1.165) is 6.42 Å². The van der Waals surface area contributed by atoms with Gasteiger partial charge in [0.2, 0.25) is 0 Å². The molecule has 1 fully saturated rings. The van der Waals surface area contributed by atoms with Gasteiger partial charge in [0.25, 0.3) is 0 Å². The molecule has 0 radical (unpaired) electrons. The second-order valence-corrected chi connectivity index (χ2v) is 1.90. The average Bonchev–Trinajstić information content (AvgIpc) is 2.37. The van der Waals surface area contributed by atoms with E-state index in [4.69, 9.17) is 4.74 Å². The standard InChI is InChI=1S/C5H8O4.Cs/c6-5(9-7)4-2-1-3-8-4;/h4,7H,1-3H2;/q;+1/p-1. The van der Waals surface area contributed by atoms with Gasteiger partial charge in [-0.1, -0.05) is 0 Å². The number of hydrogen-bond donors (Lipinski definition) is 0. The van der Waals surface area contributed by atoms with Crippen LogP contribution < -0.4 is 74.2 Å². The second-order valence-electron chi connectivity index (χ2n) is 1.90. The Morgan fingerprint density at radius 1 is 1.70 bits per heavy atom. The van der Waals surface area contributed by atoms with Gasteiger partial charge in [0.05, 0.1) is 0 Å². The van der Waals surface area contributed by atoms with E-state index in [1.165, 1.54) is 0 Å². The number of carbonyl (C=O) groups is 1. The molecule has 0 spiro atoms. The number of hydrogen-bond acceptors (Lipinski definition) is 4. The zero-order valence-electron chi connectivity index (χ0n) is 5.83. The van der Waals surface area contributed by atoms with Gasteiger partial charge in [-0.05, 0) is 12.8 Å². The first-order chi connectivity index (χ1) is 4.34. The molecule has 1 rings (SSSR count). The fraction of sp³-hybridized carbons (Fsp3) is 0.800. The van der Waals surface area contributed by atoms with Crippen molar-refractivity contribution < 1.29 is 88.6 Å². The van der Waals surface area contributed by atoms with E-state index in [9.17, 15) is 10.1 Å². The van der Waals surface area contributed by atoms with Gasteiger partial charge in [-0.15, -0.1) is 0 Å². The van der Waals surface area contributed by atoms with E-state index in [0.29, 0.717) is 13.0 Å². The summed E-state index contributed by atoms with van der Waals surface area (Å²) in [5.41, 5.74) is 0. The van der Waals surface area contributed by atoms with Gasteiger partial charge in [0.1, 0.15) is 0 Å². The Labute approximate surface area is 118 Å². The Hall–Kier alpha value is 1.44. The number of ether oxygens (including phenoxy) is 1. The molecule has 0 N–H and O–H groups in total. The molecule has 4 nitrogen and oxygen atoms in total. The Bertz CT molecular complexity index is 110. The molecule has 1 aliphatic heterocycles. The van der Waals surface area contributed by atoms with Crippen LogP contribution in [0.4, 0.5) is 0 Å². The van der Waals surface area contributed by atoms with Crippen molar-refractivity contribution in [3.05, 3.63) is 0 Å². The van der Waals surface area contributed by atoms with Crippen molar-refractivity contribution in [3.8, 4) is 0 Å². The maximum absolute atomic E-state index is 10.4. The molecule has 52 valence electrons. The first-order valence-corrected chi connectivity index (χ1v) is 2.80. The Morgan fingerprint density at radius 2 is 2.40 bits per heavy atom. The molecule has 1 atom stereocenters. The van der Waals surface area contributed by atoms with Gasteiger partial charge in [0.15, 0.2) is 6.10 Å². The quantitative estimate of drug-likeness (QED) is 0.357. The minimum Gasteiger partial charge on any atom is -0.662 e. The fourth-order valence-corrected chi connectivity index (χ4v) is 0.817. The molecule has 5 heteroatoms. The Kier molecular flexibility index (Phi) is 6.88. The third kappa shape index (κ3) is 3.23. The maximum Gasteiger partial charge on any atom is 1.00 e. The summed E-state index contributed by atoms with van der Waals surface area (Å²) in [6, 6.07) is 0. The van der Waals surface area contributed by atoms with Crippen LogP contribution in [0.5, 0.6) is 0 Å². The normalized spacial score (nSPS) is 23.5. The van der Waals surface area contributed by atoms with Crippen molar-refractivity contribution >= 4 is 5.97 Å². The first kappa shape index (κ1) is 11.4. The third-order valence-corrected chi connectivity index (χ3v) is 1.27. The predicted octanol–water partition coefficient (Wildman–Crippen LogP) is -4.01. The largest absolute Gasteiger partial charge is 1.00 e. The van der Waals surface area contributed by atoms with Crippen molar-refractivity contribution in [1.82, 2.24) is 0 Å². The molecule has 0 aromatic rings. The molecule has 0 amide bonds. The molecule has 0 aliphatic carbocycles. The number of rotatable bonds is 1. The topological polar surface area (TPSA) is 58.6 Å². The monoisotopic (exact) mass is 264 g/mol. The third-order valence-electron chi connectivity index (χ3n) is 1.27. The van der Waals surface area contributed by atoms with Gasteiger partial charge in [-0.25, -0.2) is 4.79 Å². The van der Waals surface area contributed by atoms with Crippen molar-refractivity contribution in [1.29, 1.82) is 0 Å². The van der Waals surface area contributed by atoms with Crippen LogP contribution in [-0.4, -0.2) is 18.7 Å².